The second kappa shape index (κ2) is 5.92. The minimum Gasteiger partial charge on any atom is -0.508 e. The summed E-state index contributed by atoms with van der Waals surface area (Å²) in [6.45, 7) is 2.00. The van der Waals surface area contributed by atoms with Gasteiger partial charge >= 0.3 is 6.09 Å². The van der Waals surface area contributed by atoms with Crippen LogP contribution in [0.3, 0.4) is 0 Å². The summed E-state index contributed by atoms with van der Waals surface area (Å²) in [7, 11) is 1.30. The Hall–Kier alpha value is -3.15. The molecule has 118 valence electrons. The standard InChI is InChI=1S/C17H17N3O3/c1-10-16(14-9-13(21)7-8-15(14)18-10)11-3-5-12(6-4-11)19-20-17(22)23-2/h3-9,18-19,21H,1-2H3,(H,20,22). The van der Waals surface area contributed by atoms with Crippen LogP contribution in [0.2, 0.25) is 0 Å². The Balaban J connectivity index is 1.92. The highest BCUT2D eigenvalue weighted by Crippen LogP contribution is 2.34. The summed E-state index contributed by atoms with van der Waals surface area (Å²) in [4.78, 5) is 14.4. The number of phenols is 1. The minimum absolute atomic E-state index is 0.235. The average Bonchev–Trinajstić information content (AvgIpc) is 2.88. The SMILES string of the molecule is COC(=O)NNc1ccc(-c2c(C)[nH]c3ccc(O)cc23)cc1. The molecule has 0 fully saturated rings. The van der Waals surface area contributed by atoms with E-state index in [1.807, 2.05) is 37.3 Å². The molecule has 0 saturated heterocycles. The number of amides is 1. The molecule has 0 radical (unpaired) electrons. The van der Waals surface area contributed by atoms with Crippen LogP contribution in [0, 0.1) is 6.92 Å². The Labute approximate surface area is 133 Å². The zero-order chi connectivity index (χ0) is 16.4. The van der Waals surface area contributed by atoms with E-state index in [1.54, 1.807) is 12.1 Å². The highest BCUT2D eigenvalue weighted by molar-refractivity contribution is 5.98. The summed E-state index contributed by atoms with van der Waals surface area (Å²) in [5.74, 6) is 0.235. The third-order valence-corrected chi connectivity index (χ3v) is 3.64. The van der Waals surface area contributed by atoms with Gasteiger partial charge in [0.1, 0.15) is 5.75 Å². The van der Waals surface area contributed by atoms with Crippen molar-refractivity contribution in [3.63, 3.8) is 0 Å². The van der Waals surface area contributed by atoms with Gasteiger partial charge in [-0.15, -0.1) is 0 Å². The van der Waals surface area contributed by atoms with Gasteiger partial charge in [0.2, 0.25) is 0 Å². The van der Waals surface area contributed by atoms with Gasteiger partial charge in [-0.2, -0.15) is 0 Å². The Morgan fingerprint density at radius 3 is 2.61 bits per heavy atom. The highest BCUT2D eigenvalue weighted by Gasteiger charge is 2.11. The fourth-order valence-electron chi connectivity index (χ4n) is 2.58. The van der Waals surface area contributed by atoms with Crippen LogP contribution in [0.4, 0.5) is 10.5 Å². The lowest BCUT2D eigenvalue weighted by Crippen LogP contribution is -2.28. The zero-order valence-electron chi connectivity index (χ0n) is 12.8. The number of methoxy groups -OCH3 is 1. The van der Waals surface area contributed by atoms with E-state index < -0.39 is 6.09 Å². The number of aryl methyl sites for hydroxylation is 1. The smallest absolute Gasteiger partial charge is 0.425 e. The lowest BCUT2D eigenvalue weighted by Gasteiger charge is -2.08. The number of aromatic nitrogens is 1. The number of nitrogens with one attached hydrogen (secondary N) is 3. The van der Waals surface area contributed by atoms with Gasteiger partial charge in [0, 0.05) is 22.2 Å². The van der Waals surface area contributed by atoms with Crippen LogP contribution in [0.25, 0.3) is 22.0 Å². The van der Waals surface area contributed by atoms with Crippen molar-refractivity contribution in [1.82, 2.24) is 10.4 Å². The van der Waals surface area contributed by atoms with Gasteiger partial charge in [0.15, 0.2) is 0 Å². The molecule has 0 atom stereocenters. The van der Waals surface area contributed by atoms with E-state index in [9.17, 15) is 9.90 Å². The maximum absolute atomic E-state index is 11.0. The number of carbonyl (C=O) groups is 1. The van der Waals surface area contributed by atoms with Crippen LogP contribution in [-0.2, 0) is 4.74 Å². The summed E-state index contributed by atoms with van der Waals surface area (Å²) < 4.78 is 4.49. The molecule has 1 aromatic heterocycles. The van der Waals surface area contributed by atoms with Gasteiger partial charge in [-0.05, 0) is 42.8 Å². The minimum atomic E-state index is -0.558. The molecule has 6 nitrogen and oxygen atoms in total. The van der Waals surface area contributed by atoms with Crippen LogP contribution in [-0.4, -0.2) is 23.3 Å². The number of hydrazine groups is 1. The van der Waals surface area contributed by atoms with E-state index in [2.05, 4.69) is 20.6 Å². The predicted molar refractivity (Wildman–Crippen MR) is 89.3 cm³/mol. The lowest BCUT2D eigenvalue weighted by atomic mass is 10.0. The van der Waals surface area contributed by atoms with Crippen molar-refractivity contribution in [1.29, 1.82) is 0 Å². The first-order valence-corrected chi connectivity index (χ1v) is 7.10. The second-order valence-corrected chi connectivity index (χ2v) is 5.17. The summed E-state index contributed by atoms with van der Waals surface area (Å²) in [6, 6.07) is 12.9. The number of phenolic OH excluding ortho intramolecular Hbond substituents is 1. The number of benzene rings is 2. The first-order valence-electron chi connectivity index (χ1n) is 7.10. The molecule has 0 spiro atoms. The molecule has 0 unspecified atom stereocenters. The summed E-state index contributed by atoms with van der Waals surface area (Å²) in [6.07, 6.45) is -0.558. The predicted octanol–water partition coefficient (Wildman–Crippen LogP) is 3.53. The van der Waals surface area contributed by atoms with Crippen molar-refractivity contribution < 1.29 is 14.6 Å². The zero-order valence-corrected chi connectivity index (χ0v) is 12.8. The third-order valence-electron chi connectivity index (χ3n) is 3.64. The van der Waals surface area contributed by atoms with E-state index in [0.717, 1.165) is 33.4 Å². The van der Waals surface area contributed by atoms with E-state index in [1.165, 1.54) is 7.11 Å². The molecule has 3 rings (SSSR count). The van der Waals surface area contributed by atoms with Crippen molar-refractivity contribution in [3.05, 3.63) is 48.2 Å². The van der Waals surface area contributed by atoms with Gasteiger partial charge in [-0.1, -0.05) is 12.1 Å². The molecular formula is C17H17N3O3. The third kappa shape index (κ3) is 2.91. The van der Waals surface area contributed by atoms with Crippen LogP contribution >= 0.6 is 0 Å². The molecule has 0 saturated carbocycles. The van der Waals surface area contributed by atoms with Crippen molar-refractivity contribution in [2.45, 2.75) is 6.92 Å². The number of fused-ring (bicyclic) bond motifs is 1. The van der Waals surface area contributed by atoms with E-state index in [4.69, 9.17) is 0 Å². The van der Waals surface area contributed by atoms with Crippen molar-refractivity contribution in [3.8, 4) is 16.9 Å². The van der Waals surface area contributed by atoms with Gasteiger partial charge in [0.05, 0.1) is 12.8 Å². The summed E-state index contributed by atoms with van der Waals surface area (Å²) in [5.41, 5.74) is 9.96. The average molecular weight is 311 g/mol. The fourth-order valence-corrected chi connectivity index (χ4v) is 2.58. The number of hydrogen-bond donors (Lipinski definition) is 4. The molecule has 3 aromatic rings. The molecule has 0 aliphatic rings. The molecule has 6 heteroatoms. The van der Waals surface area contributed by atoms with Gasteiger partial charge < -0.3 is 14.8 Å². The fraction of sp³-hybridized carbons (Fsp3) is 0.118. The largest absolute Gasteiger partial charge is 0.508 e. The van der Waals surface area contributed by atoms with Crippen molar-refractivity contribution in [2.75, 3.05) is 12.5 Å². The number of anilines is 1. The van der Waals surface area contributed by atoms with E-state index in [-0.39, 0.29) is 5.75 Å². The maximum Gasteiger partial charge on any atom is 0.425 e. The van der Waals surface area contributed by atoms with Gasteiger partial charge in [-0.3, -0.25) is 5.43 Å². The normalized spacial score (nSPS) is 10.5. The van der Waals surface area contributed by atoms with Crippen LogP contribution in [0.5, 0.6) is 5.75 Å². The Morgan fingerprint density at radius 1 is 1.17 bits per heavy atom. The molecule has 0 aliphatic carbocycles. The van der Waals surface area contributed by atoms with Gasteiger partial charge in [-0.25, -0.2) is 10.2 Å². The number of ether oxygens (including phenoxy) is 1. The Morgan fingerprint density at radius 2 is 1.91 bits per heavy atom. The Bertz CT molecular complexity index is 853. The molecular weight excluding hydrogens is 294 g/mol. The molecule has 1 amide bonds. The number of carbonyl (C=O) groups excluding carboxylic acids is 1. The van der Waals surface area contributed by atoms with Crippen LogP contribution in [0.15, 0.2) is 42.5 Å². The first kappa shape index (κ1) is 14.8. The molecule has 4 N–H and O–H groups in total. The number of H-pyrrole nitrogens is 1. The quantitative estimate of drug-likeness (QED) is 0.557. The Kier molecular flexibility index (Phi) is 3.80. The molecule has 1 heterocycles. The summed E-state index contributed by atoms with van der Waals surface area (Å²) in [5, 5.41) is 10.7. The number of rotatable bonds is 3. The second-order valence-electron chi connectivity index (χ2n) is 5.17. The van der Waals surface area contributed by atoms with Crippen LogP contribution < -0.4 is 10.9 Å². The highest BCUT2D eigenvalue weighted by atomic mass is 16.5. The number of aromatic amines is 1. The first-order chi connectivity index (χ1) is 11.1. The molecule has 2 aromatic carbocycles. The molecule has 0 aliphatic heterocycles. The van der Waals surface area contributed by atoms with E-state index >= 15 is 0 Å². The maximum atomic E-state index is 11.0. The topological polar surface area (TPSA) is 86.4 Å². The monoisotopic (exact) mass is 311 g/mol. The van der Waals surface area contributed by atoms with Crippen molar-refractivity contribution in [2.24, 2.45) is 0 Å². The molecule has 23 heavy (non-hydrogen) atoms. The molecule has 0 bridgehead atoms. The van der Waals surface area contributed by atoms with E-state index in [0.29, 0.717) is 0 Å². The van der Waals surface area contributed by atoms with Crippen LogP contribution in [0.1, 0.15) is 5.69 Å². The summed E-state index contributed by atoms with van der Waals surface area (Å²) >= 11 is 0. The lowest BCUT2D eigenvalue weighted by molar-refractivity contribution is 0.173. The number of hydrogen-bond acceptors (Lipinski definition) is 4. The number of aromatic hydroxyl groups is 1. The van der Waals surface area contributed by atoms with Crippen molar-refractivity contribution >= 4 is 22.7 Å². The van der Waals surface area contributed by atoms with Gasteiger partial charge in [0.25, 0.3) is 0 Å².